The normalized spacial score (nSPS) is 34.9. The van der Waals surface area contributed by atoms with E-state index in [-0.39, 0.29) is 0 Å². The summed E-state index contributed by atoms with van der Waals surface area (Å²) < 4.78 is 0. The molecule has 1 heteroatoms. The number of rotatable bonds is 9. The molecule has 0 amide bonds. The first kappa shape index (κ1) is 15.4. The van der Waals surface area contributed by atoms with Crippen molar-refractivity contribution in [3.05, 3.63) is 0 Å². The van der Waals surface area contributed by atoms with Crippen molar-refractivity contribution in [3.63, 3.8) is 0 Å². The number of fused-ring (bicyclic) bond motifs is 2. The van der Waals surface area contributed by atoms with Crippen LogP contribution in [0.2, 0.25) is 0 Å². The second kappa shape index (κ2) is 7.11. The largest absolute Gasteiger partial charge is 0.316 e. The Morgan fingerprint density at radius 3 is 2.58 bits per heavy atom. The highest BCUT2D eigenvalue weighted by atomic mass is 14.9. The van der Waals surface area contributed by atoms with Gasteiger partial charge in [0.25, 0.3) is 0 Å². The second-order valence-electron chi connectivity index (χ2n) is 7.34. The maximum absolute atomic E-state index is 3.70. The molecule has 1 nitrogen and oxygen atoms in total. The van der Waals surface area contributed by atoms with Crippen LogP contribution in [0.5, 0.6) is 0 Å². The molecule has 2 saturated carbocycles. The Hall–Kier alpha value is -0.0400. The Labute approximate surface area is 120 Å². The van der Waals surface area contributed by atoms with Crippen molar-refractivity contribution in [1.29, 1.82) is 0 Å². The molecule has 1 N–H and O–H groups in total. The van der Waals surface area contributed by atoms with Gasteiger partial charge in [-0.2, -0.15) is 0 Å². The molecule has 0 aliphatic heterocycles. The van der Waals surface area contributed by atoms with Crippen LogP contribution in [0.1, 0.15) is 78.6 Å². The molecule has 19 heavy (non-hydrogen) atoms. The Morgan fingerprint density at radius 2 is 2.05 bits per heavy atom. The fourth-order valence-corrected chi connectivity index (χ4v) is 4.99. The van der Waals surface area contributed by atoms with Crippen LogP contribution in [0.4, 0.5) is 0 Å². The van der Waals surface area contributed by atoms with Crippen molar-refractivity contribution in [2.45, 2.75) is 78.6 Å². The van der Waals surface area contributed by atoms with E-state index in [2.05, 4.69) is 26.1 Å². The quantitative estimate of drug-likeness (QED) is 0.618. The van der Waals surface area contributed by atoms with Gasteiger partial charge in [0.1, 0.15) is 0 Å². The van der Waals surface area contributed by atoms with Crippen LogP contribution in [-0.4, -0.2) is 13.1 Å². The van der Waals surface area contributed by atoms with E-state index in [1.807, 2.05) is 0 Å². The predicted octanol–water partition coefficient (Wildman–Crippen LogP) is 5.01. The van der Waals surface area contributed by atoms with Gasteiger partial charge in [0.05, 0.1) is 0 Å². The summed E-state index contributed by atoms with van der Waals surface area (Å²) >= 11 is 0. The van der Waals surface area contributed by atoms with Crippen molar-refractivity contribution in [1.82, 2.24) is 5.32 Å². The van der Waals surface area contributed by atoms with E-state index in [0.717, 1.165) is 24.3 Å². The average Bonchev–Trinajstić information content (AvgIpc) is 3.02. The van der Waals surface area contributed by atoms with Crippen molar-refractivity contribution < 1.29 is 0 Å². The SMILES string of the molecule is CCCCC(CC)CC1(CNCC)CC2CCC1C2. The summed E-state index contributed by atoms with van der Waals surface area (Å²) in [5, 5.41) is 3.70. The Balaban J connectivity index is 1.97. The molecule has 4 atom stereocenters. The molecule has 0 heterocycles. The van der Waals surface area contributed by atoms with Crippen LogP contribution in [0.3, 0.4) is 0 Å². The second-order valence-corrected chi connectivity index (χ2v) is 7.34. The summed E-state index contributed by atoms with van der Waals surface area (Å²) in [6, 6.07) is 0. The minimum Gasteiger partial charge on any atom is -0.316 e. The average molecular weight is 265 g/mol. The Bertz CT molecular complexity index is 262. The number of hydrogen-bond donors (Lipinski definition) is 1. The van der Waals surface area contributed by atoms with Gasteiger partial charge in [0.2, 0.25) is 0 Å². The van der Waals surface area contributed by atoms with E-state index in [1.54, 1.807) is 6.42 Å². The third-order valence-corrected chi connectivity index (χ3v) is 6.07. The fraction of sp³-hybridized carbons (Fsp3) is 1.00. The highest BCUT2D eigenvalue weighted by molar-refractivity contribution is 5.02. The van der Waals surface area contributed by atoms with E-state index >= 15 is 0 Å². The minimum atomic E-state index is 0.674. The molecule has 0 aromatic heterocycles. The van der Waals surface area contributed by atoms with Crippen LogP contribution in [-0.2, 0) is 0 Å². The molecule has 2 bridgehead atoms. The number of hydrogen-bond acceptors (Lipinski definition) is 1. The molecule has 0 radical (unpaired) electrons. The molecule has 2 aliphatic rings. The van der Waals surface area contributed by atoms with Crippen LogP contribution < -0.4 is 5.32 Å². The Morgan fingerprint density at radius 1 is 1.21 bits per heavy atom. The van der Waals surface area contributed by atoms with Crippen molar-refractivity contribution in [3.8, 4) is 0 Å². The Kier molecular flexibility index (Phi) is 5.74. The minimum absolute atomic E-state index is 0.674. The van der Waals surface area contributed by atoms with Gasteiger partial charge in [0.15, 0.2) is 0 Å². The molecule has 4 unspecified atom stereocenters. The zero-order valence-electron chi connectivity index (χ0n) is 13.5. The van der Waals surface area contributed by atoms with E-state index < -0.39 is 0 Å². The van der Waals surface area contributed by atoms with Crippen LogP contribution >= 0.6 is 0 Å². The lowest BCUT2D eigenvalue weighted by Crippen LogP contribution is -2.40. The molecule has 0 aromatic carbocycles. The van der Waals surface area contributed by atoms with Crippen molar-refractivity contribution in [2.75, 3.05) is 13.1 Å². The van der Waals surface area contributed by atoms with E-state index in [9.17, 15) is 0 Å². The highest BCUT2D eigenvalue weighted by Gasteiger charge is 2.50. The van der Waals surface area contributed by atoms with Gasteiger partial charge in [0, 0.05) is 6.54 Å². The smallest absolute Gasteiger partial charge is 0.00106 e. The lowest BCUT2D eigenvalue weighted by molar-refractivity contribution is 0.111. The maximum atomic E-state index is 3.70. The summed E-state index contributed by atoms with van der Waals surface area (Å²) in [6.07, 6.45) is 13.3. The van der Waals surface area contributed by atoms with Gasteiger partial charge in [-0.25, -0.2) is 0 Å². The first-order valence-corrected chi connectivity index (χ1v) is 8.94. The first-order valence-electron chi connectivity index (χ1n) is 8.94. The molecule has 2 aliphatic carbocycles. The molecular weight excluding hydrogens is 230 g/mol. The predicted molar refractivity (Wildman–Crippen MR) is 84.3 cm³/mol. The molecule has 2 fully saturated rings. The van der Waals surface area contributed by atoms with Gasteiger partial charge >= 0.3 is 0 Å². The molecular formula is C18H35N. The van der Waals surface area contributed by atoms with Gasteiger partial charge in [-0.15, -0.1) is 0 Å². The van der Waals surface area contributed by atoms with Gasteiger partial charge < -0.3 is 5.32 Å². The maximum Gasteiger partial charge on any atom is 0.00106 e. The highest BCUT2D eigenvalue weighted by Crippen LogP contribution is 2.58. The van der Waals surface area contributed by atoms with Gasteiger partial charge in [-0.3, -0.25) is 0 Å². The fourth-order valence-electron chi connectivity index (χ4n) is 4.99. The standard InChI is InChI=1S/C18H35N/c1-4-7-8-15(5-2)12-18(14-19-6-3)13-16-9-10-17(18)11-16/h15-17,19H,4-14H2,1-3H3. The summed E-state index contributed by atoms with van der Waals surface area (Å²) in [4.78, 5) is 0. The molecule has 112 valence electrons. The van der Waals surface area contributed by atoms with Crippen molar-refractivity contribution in [2.24, 2.45) is 23.2 Å². The van der Waals surface area contributed by atoms with Crippen LogP contribution in [0, 0.1) is 23.2 Å². The lowest BCUT2D eigenvalue weighted by Gasteiger charge is -2.41. The van der Waals surface area contributed by atoms with Crippen LogP contribution in [0.25, 0.3) is 0 Å². The zero-order chi connectivity index (χ0) is 13.7. The summed E-state index contributed by atoms with van der Waals surface area (Å²) in [5.74, 6) is 3.11. The van der Waals surface area contributed by atoms with Crippen molar-refractivity contribution >= 4 is 0 Å². The molecule has 0 aromatic rings. The van der Waals surface area contributed by atoms with E-state index in [4.69, 9.17) is 0 Å². The number of unbranched alkanes of at least 4 members (excludes halogenated alkanes) is 1. The van der Waals surface area contributed by atoms with Crippen LogP contribution in [0.15, 0.2) is 0 Å². The van der Waals surface area contributed by atoms with E-state index in [0.29, 0.717) is 5.41 Å². The summed E-state index contributed by atoms with van der Waals surface area (Å²) in [6.45, 7) is 9.45. The lowest BCUT2D eigenvalue weighted by atomic mass is 9.67. The molecule has 0 spiro atoms. The molecule has 2 rings (SSSR count). The third-order valence-electron chi connectivity index (χ3n) is 6.07. The topological polar surface area (TPSA) is 12.0 Å². The van der Waals surface area contributed by atoms with Gasteiger partial charge in [-0.1, -0.05) is 52.9 Å². The summed E-state index contributed by atoms with van der Waals surface area (Å²) in [7, 11) is 0. The molecule has 0 saturated heterocycles. The summed E-state index contributed by atoms with van der Waals surface area (Å²) in [5.41, 5.74) is 0.674. The zero-order valence-corrected chi connectivity index (χ0v) is 13.5. The van der Waals surface area contributed by atoms with E-state index in [1.165, 1.54) is 57.9 Å². The number of nitrogens with one attached hydrogen (secondary N) is 1. The third kappa shape index (κ3) is 3.54. The van der Waals surface area contributed by atoms with Gasteiger partial charge in [-0.05, 0) is 55.4 Å². The monoisotopic (exact) mass is 265 g/mol. The first-order chi connectivity index (χ1) is 9.24.